The van der Waals surface area contributed by atoms with Crippen molar-refractivity contribution in [1.29, 1.82) is 0 Å². The largest absolute Gasteiger partial charge is 0.215 e. The van der Waals surface area contributed by atoms with Crippen LogP contribution in [0.2, 0.25) is 0 Å². The van der Waals surface area contributed by atoms with Gasteiger partial charge in [0.1, 0.15) is 0 Å². The minimum absolute atomic E-state index is 1.68. The third-order valence-corrected chi connectivity index (χ3v) is 0.204. The van der Waals surface area contributed by atoms with Crippen molar-refractivity contribution in [1.82, 2.24) is 11.0 Å². The first-order valence-corrected chi connectivity index (χ1v) is 1.41. The van der Waals surface area contributed by atoms with E-state index in [2.05, 4.69) is 15.9 Å². The Kier molecular flexibility index (Phi) is 3.79. The molecule has 3 nitrogen and oxygen atoms in total. The number of hydrogen-bond acceptors (Lipinski definition) is 3. The molecule has 0 unspecified atom stereocenters. The molecule has 0 aliphatic heterocycles. The number of hydroxylamine groups is 2. The molecule has 0 aliphatic rings. The molecule has 0 heterocycles. The van der Waals surface area contributed by atoms with Gasteiger partial charge < -0.3 is 0 Å². The van der Waals surface area contributed by atoms with E-state index in [1.54, 1.807) is 14.1 Å². The lowest BCUT2D eigenvalue weighted by Gasteiger charge is -1.90. The Morgan fingerprint density at radius 3 is 1.60 bits per heavy atom. The first-order chi connectivity index (χ1) is 2.41. The van der Waals surface area contributed by atoms with E-state index in [9.17, 15) is 0 Å². The Morgan fingerprint density at radius 2 is 1.60 bits per heavy atom. The van der Waals surface area contributed by atoms with Crippen LogP contribution in [0.1, 0.15) is 0 Å². The molecule has 0 fully saturated rings. The second kappa shape index (κ2) is 3.88. The fraction of sp³-hybridized carbons (Fsp3) is 1.00. The third-order valence-electron chi connectivity index (χ3n) is 0.204. The van der Waals surface area contributed by atoms with Crippen LogP contribution in [0.5, 0.6) is 0 Å². The van der Waals surface area contributed by atoms with Gasteiger partial charge >= 0.3 is 0 Å². The molecule has 0 atom stereocenters. The SMILES string of the molecule is CNONC. The third kappa shape index (κ3) is 3.88. The van der Waals surface area contributed by atoms with Crippen molar-refractivity contribution in [3.8, 4) is 0 Å². The molecular formula is C2H8N2O. The van der Waals surface area contributed by atoms with Gasteiger partial charge in [-0.25, -0.2) is 4.94 Å². The zero-order chi connectivity index (χ0) is 4.12. The predicted octanol–water partition coefficient (Wildman–Crippen LogP) is -0.728. The van der Waals surface area contributed by atoms with Crippen LogP contribution in [-0.2, 0) is 4.94 Å². The van der Waals surface area contributed by atoms with Crippen molar-refractivity contribution < 1.29 is 4.94 Å². The summed E-state index contributed by atoms with van der Waals surface area (Å²) in [7, 11) is 3.35. The van der Waals surface area contributed by atoms with Gasteiger partial charge in [0.2, 0.25) is 0 Å². The molecule has 0 saturated carbocycles. The summed E-state index contributed by atoms with van der Waals surface area (Å²) in [4.78, 5) is 4.33. The van der Waals surface area contributed by atoms with Crippen LogP contribution in [0.4, 0.5) is 0 Å². The molecule has 0 aliphatic carbocycles. The molecule has 5 heavy (non-hydrogen) atoms. The first-order valence-electron chi connectivity index (χ1n) is 1.41. The van der Waals surface area contributed by atoms with Gasteiger partial charge in [-0.05, 0) is 0 Å². The van der Waals surface area contributed by atoms with E-state index in [0.717, 1.165) is 0 Å². The summed E-state index contributed by atoms with van der Waals surface area (Å²) in [6.45, 7) is 0. The highest BCUT2D eigenvalue weighted by Gasteiger charge is 1.58. The molecular weight excluding hydrogens is 68.0 g/mol. The maximum atomic E-state index is 4.33. The Balaban J connectivity index is 2.19. The van der Waals surface area contributed by atoms with E-state index in [-0.39, 0.29) is 0 Å². The van der Waals surface area contributed by atoms with Crippen LogP contribution < -0.4 is 11.0 Å². The van der Waals surface area contributed by atoms with Gasteiger partial charge in [0.15, 0.2) is 0 Å². The molecule has 0 spiro atoms. The van der Waals surface area contributed by atoms with Gasteiger partial charge in [-0.15, -0.1) is 0 Å². The number of rotatable bonds is 2. The average Bonchev–Trinajstić information content (AvgIpc) is 1.41. The van der Waals surface area contributed by atoms with Crippen LogP contribution in [0.25, 0.3) is 0 Å². The van der Waals surface area contributed by atoms with E-state index in [1.807, 2.05) is 0 Å². The van der Waals surface area contributed by atoms with Crippen LogP contribution in [0.3, 0.4) is 0 Å². The van der Waals surface area contributed by atoms with Crippen molar-refractivity contribution >= 4 is 0 Å². The van der Waals surface area contributed by atoms with E-state index in [4.69, 9.17) is 0 Å². The standard InChI is InChI=1S/C2H8N2O/c1-3-5-4-2/h3-4H,1-2H3. The van der Waals surface area contributed by atoms with Crippen molar-refractivity contribution in [2.75, 3.05) is 14.1 Å². The molecule has 0 aromatic heterocycles. The van der Waals surface area contributed by atoms with Gasteiger partial charge in [0.25, 0.3) is 0 Å². The summed E-state index contributed by atoms with van der Waals surface area (Å²) >= 11 is 0. The quantitative estimate of drug-likeness (QED) is 0.425. The van der Waals surface area contributed by atoms with Gasteiger partial charge in [-0.1, -0.05) is 0 Å². The molecule has 0 saturated heterocycles. The van der Waals surface area contributed by atoms with Crippen molar-refractivity contribution in [3.05, 3.63) is 0 Å². The minimum atomic E-state index is 1.68. The summed E-state index contributed by atoms with van der Waals surface area (Å²) in [5.74, 6) is 0. The van der Waals surface area contributed by atoms with Crippen molar-refractivity contribution in [2.24, 2.45) is 0 Å². The zero-order valence-corrected chi connectivity index (χ0v) is 3.41. The van der Waals surface area contributed by atoms with E-state index in [1.165, 1.54) is 0 Å². The first kappa shape index (κ1) is 4.88. The predicted molar refractivity (Wildman–Crippen MR) is 19.2 cm³/mol. The molecule has 3 heteroatoms. The molecule has 0 radical (unpaired) electrons. The van der Waals surface area contributed by atoms with Crippen molar-refractivity contribution in [2.45, 2.75) is 0 Å². The topological polar surface area (TPSA) is 33.3 Å². The van der Waals surface area contributed by atoms with E-state index >= 15 is 0 Å². The van der Waals surface area contributed by atoms with Gasteiger partial charge in [0.05, 0.1) is 0 Å². The molecule has 0 aromatic carbocycles. The second-order valence-electron chi connectivity index (χ2n) is 0.510. The van der Waals surface area contributed by atoms with E-state index in [0.29, 0.717) is 0 Å². The van der Waals surface area contributed by atoms with Crippen LogP contribution in [0.15, 0.2) is 0 Å². The Labute approximate surface area is 31.2 Å². The number of hydrogen-bond donors (Lipinski definition) is 2. The molecule has 0 bridgehead atoms. The fourth-order valence-corrected chi connectivity index (χ4v) is 0.102. The Hall–Kier alpha value is -0.120. The summed E-state index contributed by atoms with van der Waals surface area (Å²) in [5, 5.41) is 0. The number of nitrogens with one attached hydrogen (secondary N) is 2. The highest BCUT2D eigenvalue weighted by atomic mass is 16.8. The maximum Gasteiger partial charge on any atom is 0.0114 e. The Morgan fingerprint density at radius 1 is 1.20 bits per heavy atom. The Bertz CT molecular complexity index is 15.1. The highest BCUT2D eigenvalue weighted by molar-refractivity contribution is 3.83. The smallest absolute Gasteiger partial charge is 0.0114 e. The van der Waals surface area contributed by atoms with Gasteiger partial charge in [0, 0.05) is 14.1 Å². The van der Waals surface area contributed by atoms with Crippen molar-refractivity contribution in [3.63, 3.8) is 0 Å². The molecule has 0 amide bonds. The summed E-state index contributed by atoms with van der Waals surface area (Å²) in [6.07, 6.45) is 0. The molecule has 32 valence electrons. The molecule has 0 aromatic rings. The summed E-state index contributed by atoms with van der Waals surface area (Å²) in [6, 6.07) is 0. The average molecular weight is 76.1 g/mol. The zero-order valence-electron chi connectivity index (χ0n) is 3.41. The van der Waals surface area contributed by atoms with Gasteiger partial charge in [-0.3, -0.25) is 0 Å². The fourth-order valence-electron chi connectivity index (χ4n) is 0.102. The van der Waals surface area contributed by atoms with Crippen LogP contribution in [0, 0.1) is 0 Å². The normalized spacial score (nSPS) is 8.40. The second-order valence-corrected chi connectivity index (χ2v) is 0.510. The molecule has 0 rings (SSSR count). The van der Waals surface area contributed by atoms with E-state index < -0.39 is 0 Å². The monoisotopic (exact) mass is 76.1 g/mol. The summed E-state index contributed by atoms with van der Waals surface area (Å²) in [5.41, 5.74) is 4.81. The molecule has 2 N–H and O–H groups in total. The van der Waals surface area contributed by atoms with Crippen LogP contribution >= 0.6 is 0 Å². The minimum Gasteiger partial charge on any atom is -0.215 e. The maximum absolute atomic E-state index is 4.33. The van der Waals surface area contributed by atoms with Gasteiger partial charge in [-0.2, -0.15) is 11.0 Å². The lowest BCUT2D eigenvalue weighted by molar-refractivity contribution is -0.0113. The van der Waals surface area contributed by atoms with Crippen LogP contribution in [-0.4, -0.2) is 14.1 Å². The lowest BCUT2D eigenvalue weighted by Crippen LogP contribution is -2.17. The highest BCUT2D eigenvalue weighted by Crippen LogP contribution is 1.35. The lowest BCUT2D eigenvalue weighted by atomic mass is 11.5. The summed E-state index contributed by atoms with van der Waals surface area (Å²) < 4.78 is 0.